The number of hydrogen-bond acceptors (Lipinski definition) is 6. The fourth-order valence-electron chi connectivity index (χ4n) is 2.67. The Kier molecular flexibility index (Phi) is 5.19. The molecule has 0 aromatic carbocycles. The van der Waals surface area contributed by atoms with E-state index in [1.807, 2.05) is 12.2 Å². The van der Waals surface area contributed by atoms with Crippen molar-refractivity contribution in [3.63, 3.8) is 0 Å². The maximum atomic E-state index is 12.3. The van der Waals surface area contributed by atoms with Crippen molar-refractivity contribution in [2.75, 3.05) is 18.0 Å². The lowest BCUT2D eigenvalue weighted by molar-refractivity contribution is 0.742. The van der Waals surface area contributed by atoms with E-state index in [2.05, 4.69) is 39.9 Å². The molecule has 2 aromatic rings. The molecule has 0 amide bonds. The number of anilines is 1. The molecule has 0 bridgehead atoms. The monoisotopic (exact) mass is 352 g/mol. The van der Waals surface area contributed by atoms with Gasteiger partial charge in [-0.05, 0) is 36.1 Å². The molecule has 0 N–H and O–H groups in total. The Morgan fingerprint density at radius 1 is 1.24 bits per heavy atom. The molecule has 0 aliphatic heterocycles. The van der Waals surface area contributed by atoms with Gasteiger partial charge in [0.2, 0.25) is 10.7 Å². The Morgan fingerprint density at radius 3 is 2.72 bits per heavy atom. The van der Waals surface area contributed by atoms with E-state index < -0.39 is 0 Å². The van der Waals surface area contributed by atoms with E-state index in [0.717, 1.165) is 42.0 Å². The van der Waals surface area contributed by atoms with Crippen LogP contribution in [-0.2, 0) is 0 Å². The smallest absolute Gasteiger partial charge is 0.244 e. The van der Waals surface area contributed by atoms with E-state index in [4.69, 9.17) is 0 Å². The molecule has 1 aliphatic rings. The second-order valence-corrected chi connectivity index (χ2v) is 6.78. The van der Waals surface area contributed by atoms with Gasteiger partial charge in [-0.1, -0.05) is 37.5 Å². The lowest BCUT2D eigenvalue weighted by atomic mass is 10.2. The molecule has 0 saturated carbocycles. The Morgan fingerprint density at radius 2 is 2.00 bits per heavy atom. The summed E-state index contributed by atoms with van der Waals surface area (Å²) in [6.45, 7) is 11.7. The van der Waals surface area contributed by atoms with Crippen molar-refractivity contribution in [3.05, 3.63) is 63.5 Å². The first-order valence-corrected chi connectivity index (χ1v) is 9.04. The minimum Gasteiger partial charge on any atom is -0.341 e. The van der Waals surface area contributed by atoms with E-state index in [1.54, 1.807) is 18.5 Å². The molecule has 2 aromatic heterocycles. The predicted molar refractivity (Wildman–Crippen MR) is 105 cm³/mol. The topological polar surface area (TPSA) is 59.0 Å². The molecule has 0 unspecified atom stereocenters. The number of nitrogens with zero attached hydrogens (tertiary/aromatic N) is 4. The summed E-state index contributed by atoms with van der Waals surface area (Å²) in [6, 6.07) is 1.81. The number of rotatable bonds is 7. The van der Waals surface area contributed by atoms with Gasteiger partial charge in [0.1, 0.15) is 5.01 Å². The summed E-state index contributed by atoms with van der Waals surface area (Å²) in [5.74, 6) is 0.714. The van der Waals surface area contributed by atoms with Crippen LogP contribution < -0.4 is 9.64 Å². The van der Waals surface area contributed by atoms with Crippen molar-refractivity contribution >= 4 is 34.5 Å². The van der Waals surface area contributed by atoms with E-state index in [-0.39, 0.29) is 4.74 Å². The lowest BCUT2D eigenvalue weighted by Crippen LogP contribution is -2.27. The van der Waals surface area contributed by atoms with Crippen molar-refractivity contribution in [2.45, 2.75) is 19.8 Å². The fourth-order valence-corrected chi connectivity index (χ4v) is 3.58. The van der Waals surface area contributed by atoms with Gasteiger partial charge in [0.25, 0.3) is 0 Å². The largest absolute Gasteiger partial charge is 0.341 e. The van der Waals surface area contributed by atoms with Crippen LogP contribution in [0.3, 0.4) is 0 Å². The SMILES string of the molecule is C=C(CCN(CCC)c1ncccn1)c1nc2c(c(=O)s1)C(=C)C=C2. The minimum atomic E-state index is -0.00652. The van der Waals surface area contributed by atoms with Gasteiger partial charge in [-0.25, -0.2) is 15.0 Å². The summed E-state index contributed by atoms with van der Waals surface area (Å²) in [5.41, 5.74) is 2.90. The number of fused-ring (bicyclic) bond motifs is 1. The third-order valence-electron chi connectivity index (χ3n) is 3.95. The molecule has 6 heteroatoms. The zero-order chi connectivity index (χ0) is 17.8. The highest BCUT2D eigenvalue weighted by atomic mass is 32.1. The van der Waals surface area contributed by atoms with Crippen LogP contribution in [0, 0.1) is 0 Å². The van der Waals surface area contributed by atoms with Gasteiger partial charge < -0.3 is 4.90 Å². The molecule has 0 atom stereocenters. The minimum absolute atomic E-state index is 0.00652. The summed E-state index contributed by atoms with van der Waals surface area (Å²) in [7, 11) is 0. The third-order valence-corrected chi connectivity index (χ3v) is 4.91. The molecule has 3 rings (SSSR count). The Balaban J connectivity index is 1.74. The van der Waals surface area contributed by atoms with Gasteiger partial charge in [0.15, 0.2) is 0 Å². The Hall–Kier alpha value is -2.60. The summed E-state index contributed by atoms with van der Waals surface area (Å²) >= 11 is 1.14. The molecular formula is C19H20N4OS. The third kappa shape index (κ3) is 3.74. The van der Waals surface area contributed by atoms with E-state index in [9.17, 15) is 4.79 Å². The van der Waals surface area contributed by atoms with Crippen molar-refractivity contribution in [1.29, 1.82) is 0 Å². The molecule has 0 fully saturated rings. The van der Waals surface area contributed by atoms with Gasteiger partial charge in [-0.15, -0.1) is 0 Å². The molecule has 0 radical (unpaired) electrons. The van der Waals surface area contributed by atoms with Crippen LogP contribution in [0.4, 0.5) is 5.95 Å². The van der Waals surface area contributed by atoms with E-state index in [0.29, 0.717) is 28.6 Å². The highest BCUT2D eigenvalue weighted by Crippen LogP contribution is 2.27. The van der Waals surface area contributed by atoms with Crippen molar-refractivity contribution < 1.29 is 0 Å². The molecule has 0 saturated heterocycles. The van der Waals surface area contributed by atoms with Crippen LogP contribution in [0.5, 0.6) is 0 Å². The number of allylic oxidation sites excluding steroid dienone is 2. The van der Waals surface area contributed by atoms with Crippen LogP contribution in [0.25, 0.3) is 17.2 Å². The Bertz CT molecular complexity index is 886. The van der Waals surface area contributed by atoms with Crippen molar-refractivity contribution in [3.8, 4) is 0 Å². The number of aromatic nitrogens is 3. The van der Waals surface area contributed by atoms with E-state index >= 15 is 0 Å². The maximum Gasteiger partial charge on any atom is 0.244 e. The normalized spacial score (nSPS) is 12.3. The van der Waals surface area contributed by atoms with Crippen LogP contribution in [-0.4, -0.2) is 28.0 Å². The maximum absolute atomic E-state index is 12.3. The lowest BCUT2D eigenvalue weighted by Gasteiger charge is -2.22. The second-order valence-electron chi connectivity index (χ2n) is 5.81. The van der Waals surface area contributed by atoms with Gasteiger partial charge in [0.05, 0.1) is 11.3 Å². The molecule has 0 spiro atoms. The van der Waals surface area contributed by atoms with Crippen molar-refractivity contribution in [1.82, 2.24) is 15.0 Å². The summed E-state index contributed by atoms with van der Waals surface area (Å²) in [4.78, 5) is 27.7. The van der Waals surface area contributed by atoms with Gasteiger partial charge in [0, 0.05) is 25.5 Å². The first kappa shape index (κ1) is 17.2. The highest BCUT2D eigenvalue weighted by Gasteiger charge is 2.18. The zero-order valence-electron chi connectivity index (χ0n) is 14.2. The van der Waals surface area contributed by atoms with Crippen LogP contribution in [0.15, 0.2) is 42.5 Å². The summed E-state index contributed by atoms with van der Waals surface area (Å²) in [6.07, 6.45) is 8.85. The molecular weight excluding hydrogens is 332 g/mol. The second kappa shape index (κ2) is 7.53. The van der Waals surface area contributed by atoms with Crippen LogP contribution in [0.2, 0.25) is 0 Å². The first-order chi connectivity index (χ1) is 12.1. The average molecular weight is 352 g/mol. The van der Waals surface area contributed by atoms with E-state index in [1.165, 1.54) is 0 Å². The standard InChI is InChI=1S/C19H20N4OS/c1-4-11-23(19-20-9-5-10-21-19)12-8-14(3)17-22-15-7-6-13(2)16(15)18(24)25-17/h5-7,9-10H,2-4,8,11-12H2,1H3. The quantitative estimate of drug-likeness (QED) is 0.761. The van der Waals surface area contributed by atoms with Crippen molar-refractivity contribution in [2.24, 2.45) is 0 Å². The molecule has 25 heavy (non-hydrogen) atoms. The summed E-state index contributed by atoms with van der Waals surface area (Å²) < 4.78 is -0.00652. The van der Waals surface area contributed by atoms with Gasteiger partial charge in [-0.3, -0.25) is 4.79 Å². The first-order valence-electron chi connectivity index (χ1n) is 8.22. The van der Waals surface area contributed by atoms with Gasteiger partial charge >= 0.3 is 0 Å². The molecule has 2 heterocycles. The van der Waals surface area contributed by atoms with Gasteiger partial charge in [-0.2, -0.15) is 0 Å². The zero-order valence-corrected chi connectivity index (χ0v) is 15.1. The molecule has 128 valence electrons. The Labute approximate surface area is 151 Å². The molecule has 1 aliphatic carbocycles. The predicted octanol–water partition coefficient (Wildman–Crippen LogP) is 3.65. The fraction of sp³-hybridized carbons (Fsp3) is 0.263. The molecule has 5 nitrogen and oxygen atoms in total. The van der Waals surface area contributed by atoms with Crippen LogP contribution >= 0.6 is 11.3 Å². The summed E-state index contributed by atoms with van der Waals surface area (Å²) in [5, 5.41) is 0.688. The van der Waals surface area contributed by atoms with Crippen LogP contribution in [0.1, 0.15) is 36.0 Å². The average Bonchev–Trinajstić information content (AvgIpc) is 3.00. The number of hydrogen-bond donors (Lipinski definition) is 0. The highest BCUT2D eigenvalue weighted by molar-refractivity contribution is 7.10.